The molecular formula is C13H15N7OS2. The van der Waals surface area contributed by atoms with Crippen LogP contribution in [0.1, 0.15) is 12.6 Å². The van der Waals surface area contributed by atoms with Crippen LogP contribution in [0.5, 0.6) is 0 Å². The molecule has 120 valence electrons. The molecule has 0 radical (unpaired) electrons. The van der Waals surface area contributed by atoms with Crippen LogP contribution in [0.2, 0.25) is 0 Å². The molecule has 8 nitrogen and oxygen atoms in total. The maximum Gasteiger partial charge on any atom is 0.253 e. The molecule has 1 saturated heterocycles. The molecule has 3 aromatic rings. The number of aryl methyl sites for hydroxylation is 1. The van der Waals surface area contributed by atoms with Gasteiger partial charge in [0, 0.05) is 18.8 Å². The van der Waals surface area contributed by atoms with Gasteiger partial charge in [-0.05, 0) is 24.2 Å². The van der Waals surface area contributed by atoms with Gasteiger partial charge in [0.2, 0.25) is 5.13 Å². The summed E-state index contributed by atoms with van der Waals surface area (Å²) in [7, 11) is 0. The van der Waals surface area contributed by atoms with Gasteiger partial charge in [-0.15, -0.1) is 10.2 Å². The highest BCUT2D eigenvalue weighted by Crippen LogP contribution is 2.33. The average Bonchev–Trinajstić information content (AvgIpc) is 3.24. The Bertz CT molecular complexity index is 812. The minimum atomic E-state index is 0.616. The first-order valence-electron chi connectivity index (χ1n) is 7.37. The molecule has 0 saturated carbocycles. The largest absolute Gasteiger partial charge is 0.378 e. The van der Waals surface area contributed by atoms with E-state index in [1.165, 1.54) is 6.33 Å². The monoisotopic (exact) mass is 349 g/mol. The third-order valence-electron chi connectivity index (χ3n) is 3.50. The standard InChI is InChI=1S/C13H15N7OS2/c1-2-9-7-10(20-11(16-9)14-8-15-20)22-13-18-17-12(23-13)19-3-5-21-6-4-19/h7-8H,2-6H2,1H3. The molecule has 1 fully saturated rings. The molecule has 0 amide bonds. The van der Waals surface area contributed by atoms with Crippen LogP contribution in [0.3, 0.4) is 0 Å². The predicted octanol–water partition coefficient (Wildman–Crippen LogP) is 1.53. The summed E-state index contributed by atoms with van der Waals surface area (Å²) in [4.78, 5) is 10.8. The second kappa shape index (κ2) is 6.38. The summed E-state index contributed by atoms with van der Waals surface area (Å²) in [5.41, 5.74) is 0.992. The fraction of sp³-hybridized carbons (Fsp3) is 0.462. The summed E-state index contributed by atoms with van der Waals surface area (Å²) in [6.45, 7) is 5.28. The van der Waals surface area contributed by atoms with Crippen molar-refractivity contribution in [2.75, 3.05) is 31.2 Å². The lowest BCUT2D eigenvalue weighted by Gasteiger charge is -2.25. The van der Waals surface area contributed by atoms with Crippen molar-refractivity contribution in [3.63, 3.8) is 0 Å². The van der Waals surface area contributed by atoms with E-state index >= 15 is 0 Å². The van der Waals surface area contributed by atoms with Crippen LogP contribution >= 0.6 is 23.1 Å². The Morgan fingerprint density at radius 3 is 3.00 bits per heavy atom. The highest BCUT2D eigenvalue weighted by molar-refractivity contribution is 8.01. The molecule has 3 aromatic heterocycles. The van der Waals surface area contributed by atoms with Gasteiger partial charge in [-0.1, -0.05) is 18.3 Å². The second-order valence-corrected chi connectivity index (χ2v) is 7.19. The number of hydrogen-bond acceptors (Lipinski definition) is 9. The number of aromatic nitrogens is 6. The Morgan fingerprint density at radius 2 is 2.17 bits per heavy atom. The highest BCUT2D eigenvalue weighted by atomic mass is 32.2. The normalized spacial score (nSPS) is 15.4. The van der Waals surface area contributed by atoms with E-state index in [1.807, 2.05) is 6.07 Å². The number of nitrogens with zero attached hydrogens (tertiary/aromatic N) is 7. The summed E-state index contributed by atoms with van der Waals surface area (Å²) < 4.78 is 7.99. The fourth-order valence-electron chi connectivity index (χ4n) is 2.30. The zero-order valence-corrected chi connectivity index (χ0v) is 14.2. The Labute approximate surface area is 140 Å². The van der Waals surface area contributed by atoms with Crippen LogP contribution in [-0.2, 0) is 11.2 Å². The number of ether oxygens (including phenoxy) is 1. The van der Waals surface area contributed by atoms with E-state index in [-0.39, 0.29) is 0 Å². The van der Waals surface area contributed by atoms with Gasteiger partial charge in [0.25, 0.3) is 5.78 Å². The quantitative estimate of drug-likeness (QED) is 0.656. The zero-order chi connectivity index (χ0) is 15.6. The van der Waals surface area contributed by atoms with Crippen molar-refractivity contribution in [1.82, 2.24) is 29.8 Å². The van der Waals surface area contributed by atoms with E-state index in [2.05, 4.69) is 37.1 Å². The van der Waals surface area contributed by atoms with Gasteiger partial charge in [-0.3, -0.25) is 0 Å². The first kappa shape index (κ1) is 14.8. The number of rotatable bonds is 4. The maximum absolute atomic E-state index is 5.37. The molecule has 0 atom stereocenters. The van der Waals surface area contributed by atoms with Crippen LogP contribution < -0.4 is 4.90 Å². The Balaban J connectivity index is 1.60. The Kier molecular flexibility index (Phi) is 4.10. The fourth-order valence-corrected chi connectivity index (χ4v) is 4.25. The molecule has 0 aliphatic carbocycles. The summed E-state index contributed by atoms with van der Waals surface area (Å²) >= 11 is 3.13. The lowest BCUT2D eigenvalue weighted by atomic mass is 10.3. The van der Waals surface area contributed by atoms with E-state index in [1.54, 1.807) is 27.6 Å². The minimum Gasteiger partial charge on any atom is -0.378 e. The number of morpholine rings is 1. The van der Waals surface area contributed by atoms with Gasteiger partial charge in [0.1, 0.15) is 11.4 Å². The smallest absolute Gasteiger partial charge is 0.253 e. The topological polar surface area (TPSA) is 81.3 Å². The van der Waals surface area contributed by atoms with E-state index in [9.17, 15) is 0 Å². The molecule has 1 aliphatic rings. The van der Waals surface area contributed by atoms with Crippen LogP contribution in [-0.4, -0.2) is 56.1 Å². The van der Waals surface area contributed by atoms with Crippen molar-refractivity contribution in [1.29, 1.82) is 0 Å². The molecule has 23 heavy (non-hydrogen) atoms. The summed E-state index contributed by atoms with van der Waals surface area (Å²) in [6.07, 6.45) is 2.37. The third kappa shape index (κ3) is 3.01. The van der Waals surface area contributed by atoms with Crippen molar-refractivity contribution in [3.8, 4) is 0 Å². The summed E-state index contributed by atoms with van der Waals surface area (Å²) in [5.74, 6) is 0.616. The summed E-state index contributed by atoms with van der Waals surface area (Å²) in [6, 6.07) is 2.03. The lowest BCUT2D eigenvalue weighted by Crippen LogP contribution is -2.36. The van der Waals surface area contributed by atoms with Gasteiger partial charge in [-0.25, -0.2) is 4.98 Å². The first-order valence-corrected chi connectivity index (χ1v) is 9.00. The van der Waals surface area contributed by atoms with E-state index < -0.39 is 0 Å². The average molecular weight is 349 g/mol. The SMILES string of the molecule is CCc1cc(Sc2nnc(N3CCOCC3)s2)n2ncnc2n1. The van der Waals surface area contributed by atoms with Crippen molar-refractivity contribution < 1.29 is 4.74 Å². The molecule has 0 spiro atoms. The van der Waals surface area contributed by atoms with Crippen LogP contribution in [0.15, 0.2) is 21.8 Å². The van der Waals surface area contributed by atoms with Crippen molar-refractivity contribution in [2.24, 2.45) is 0 Å². The van der Waals surface area contributed by atoms with Gasteiger partial charge < -0.3 is 9.64 Å². The number of anilines is 1. The van der Waals surface area contributed by atoms with Gasteiger partial charge in [0.05, 0.1) is 13.2 Å². The predicted molar refractivity (Wildman–Crippen MR) is 87.2 cm³/mol. The summed E-state index contributed by atoms with van der Waals surface area (Å²) in [5, 5.41) is 14.7. The molecule has 0 bridgehead atoms. The molecule has 0 aromatic carbocycles. The molecule has 10 heteroatoms. The van der Waals surface area contributed by atoms with Gasteiger partial charge >= 0.3 is 0 Å². The van der Waals surface area contributed by atoms with Crippen molar-refractivity contribution in [2.45, 2.75) is 22.7 Å². The number of fused-ring (bicyclic) bond motifs is 1. The van der Waals surface area contributed by atoms with Crippen LogP contribution in [0, 0.1) is 0 Å². The molecule has 0 unspecified atom stereocenters. The molecule has 4 rings (SSSR count). The molecule has 1 aliphatic heterocycles. The third-order valence-corrected chi connectivity index (χ3v) is 5.54. The van der Waals surface area contributed by atoms with E-state index in [0.717, 1.165) is 52.9 Å². The minimum absolute atomic E-state index is 0.616. The van der Waals surface area contributed by atoms with E-state index in [4.69, 9.17) is 4.74 Å². The first-order chi connectivity index (χ1) is 11.3. The van der Waals surface area contributed by atoms with Gasteiger partial charge in [-0.2, -0.15) is 14.6 Å². The second-order valence-electron chi connectivity index (χ2n) is 4.96. The Hall–Kier alpha value is -1.78. The van der Waals surface area contributed by atoms with Crippen LogP contribution in [0.4, 0.5) is 5.13 Å². The molecule has 4 heterocycles. The maximum atomic E-state index is 5.37. The molecular weight excluding hydrogens is 334 g/mol. The number of hydrogen-bond donors (Lipinski definition) is 0. The Morgan fingerprint density at radius 1 is 1.30 bits per heavy atom. The van der Waals surface area contributed by atoms with Crippen molar-refractivity contribution >= 4 is 34.0 Å². The molecule has 0 N–H and O–H groups in total. The lowest BCUT2D eigenvalue weighted by molar-refractivity contribution is 0.122. The van der Waals surface area contributed by atoms with Crippen LogP contribution in [0.25, 0.3) is 5.78 Å². The highest BCUT2D eigenvalue weighted by Gasteiger charge is 2.17. The van der Waals surface area contributed by atoms with Gasteiger partial charge in [0.15, 0.2) is 4.34 Å². The van der Waals surface area contributed by atoms with E-state index in [0.29, 0.717) is 5.78 Å². The zero-order valence-electron chi connectivity index (χ0n) is 12.5. The van der Waals surface area contributed by atoms with Crippen molar-refractivity contribution in [3.05, 3.63) is 18.1 Å².